The van der Waals surface area contributed by atoms with Crippen LogP contribution in [0.15, 0.2) is 0 Å². The largest absolute Gasteiger partial charge is 0.392 e. The van der Waals surface area contributed by atoms with Gasteiger partial charge < -0.3 is 10.8 Å². The zero-order valence-electron chi connectivity index (χ0n) is 5.52. The van der Waals surface area contributed by atoms with Gasteiger partial charge in [0.05, 0.1) is 12.5 Å². The van der Waals surface area contributed by atoms with E-state index in [1.807, 2.05) is 0 Å². The van der Waals surface area contributed by atoms with Crippen LogP contribution in [0.3, 0.4) is 0 Å². The highest BCUT2D eigenvalue weighted by atomic mass is 19.4. The van der Waals surface area contributed by atoms with Crippen molar-refractivity contribution >= 4 is 0 Å². The molecular weight excluding hydrogens is 147 g/mol. The maximum Gasteiger partial charge on any atom is 0.390 e. The summed E-state index contributed by atoms with van der Waals surface area (Å²) >= 11 is 0. The summed E-state index contributed by atoms with van der Waals surface area (Å²) in [5.41, 5.74) is 4.93. The average molecular weight is 157 g/mol. The zero-order chi connectivity index (χ0) is 8.36. The Bertz CT molecular complexity index is 102. The Morgan fingerprint density at radius 3 is 2.00 bits per heavy atom. The predicted octanol–water partition coefficient (Wildman–Crippen LogP) is 0.647. The lowest BCUT2D eigenvalue weighted by Gasteiger charge is -2.15. The van der Waals surface area contributed by atoms with Gasteiger partial charge in [0.25, 0.3) is 0 Å². The number of rotatable bonds is 2. The van der Waals surface area contributed by atoms with Gasteiger partial charge in [-0.1, -0.05) is 0 Å². The molecule has 0 spiro atoms. The van der Waals surface area contributed by atoms with Crippen LogP contribution >= 0.6 is 0 Å². The Morgan fingerprint density at radius 1 is 1.50 bits per heavy atom. The van der Waals surface area contributed by atoms with Gasteiger partial charge in [0, 0.05) is 6.04 Å². The van der Waals surface area contributed by atoms with Crippen LogP contribution in [0, 0.1) is 0 Å². The van der Waals surface area contributed by atoms with E-state index in [9.17, 15) is 13.2 Å². The first kappa shape index (κ1) is 9.71. The van der Waals surface area contributed by atoms with Crippen LogP contribution in [-0.2, 0) is 0 Å². The van der Waals surface area contributed by atoms with Crippen molar-refractivity contribution in [3.63, 3.8) is 0 Å². The van der Waals surface area contributed by atoms with Crippen molar-refractivity contribution in [3.8, 4) is 0 Å². The minimum absolute atomic E-state index is 1.11. The van der Waals surface area contributed by atoms with Crippen molar-refractivity contribution in [1.29, 1.82) is 0 Å². The monoisotopic (exact) mass is 157 g/mol. The molecule has 0 aromatic carbocycles. The zero-order valence-corrected chi connectivity index (χ0v) is 5.52. The molecule has 0 saturated heterocycles. The maximum absolute atomic E-state index is 11.5. The maximum atomic E-state index is 11.5. The van der Waals surface area contributed by atoms with Gasteiger partial charge in [-0.05, 0) is 6.92 Å². The summed E-state index contributed by atoms with van der Waals surface area (Å²) in [4.78, 5) is 0. The van der Waals surface area contributed by atoms with Gasteiger partial charge in [-0.25, -0.2) is 0 Å². The molecule has 0 aliphatic heterocycles. The van der Waals surface area contributed by atoms with Crippen molar-refractivity contribution in [1.82, 2.24) is 0 Å². The summed E-state index contributed by atoms with van der Waals surface area (Å²) in [6.45, 7) is 1.23. The molecule has 2 nitrogen and oxygen atoms in total. The standard InChI is InChI=1S/C5H10F3NO/c1-3(10)4(9)2-5(6,7)8/h3-4,10H,2,9H2,1H3/t3-,4+/m1/s1. The Hall–Kier alpha value is -0.290. The normalized spacial score (nSPS) is 18.6. The number of hydrogen-bond donors (Lipinski definition) is 2. The van der Waals surface area contributed by atoms with E-state index >= 15 is 0 Å². The van der Waals surface area contributed by atoms with E-state index < -0.39 is 24.7 Å². The molecule has 0 radical (unpaired) electrons. The molecule has 0 saturated carbocycles. The summed E-state index contributed by atoms with van der Waals surface area (Å²) in [7, 11) is 0. The van der Waals surface area contributed by atoms with Crippen molar-refractivity contribution in [2.45, 2.75) is 31.7 Å². The third kappa shape index (κ3) is 4.58. The summed E-state index contributed by atoms with van der Waals surface area (Å²) in [6, 6.07) is -1.21. The lowest BCUT2D eigenvalue weighted by Crippen LogP contribution is -2.36. The highest BCUT2D eigenvalue weighted by Crippen LogP contribution is 2.21. The number of alkyl halides is 3. The minimum atomic E-state index is -4.28. The molecule has 0 aromatic rings. The van der Waals surface area contributed by atoms with E-state index in [-0.39, 0.29) is 0 Å². The third-order valence-electron chi connectivity index (χ3n) is 1.09. The molecule has 0 aliphatic carbocycles. The highest BCUT2D eigenvalue weighted by molar-refractivity contribution is 4.70. The van der Waals surface area contributed by atoms with Gasteiger partial charge in [0.2, 0.25) is 0 Å². The second-order valence-electron chi connectivity index (χ2n) is 2.22. The average Bonchev–Trinajstić information content (AvgIpc) is 1.60. The van der Waals surface area contributed by atoms with Crippen molar-refractivity contribution < 1.29 is 18.3 Å². The molecule has 0 aliphatic rings. The minimum Gasteiger partial charge on any atom is -0.392 e. The molecule has 0 aromatic heterocycles. The number of nitrogens with two attached hydrogens (primary N) is 1. The summed E-state index contributed by atoms with van der Waals surface area (Å²) in [5, 5.41) is 8.56. The lowest BCUT2D eigenvalue weighted by atomic mass is 10.1. The molecular formula is C5H10F3NO. The van der Waals surface area contributed by atoms with E-state index in [0.717, 1.165) is 0 Å². The van der Waals surface area contributed by atoms with E-state index in [0.29, 0.717) is 0 Å². The van der Waals surface area contributed by atoms with E-state index in [4.69, 9.17) is 10.8 Å². The highest BCUT2D eigenvalue weighted by Gasteiger charge is 2.31. The van der Waals surface area contributed by atoms with Crippen LogP contribution in [0.1, 0.15) is 13.3 Å². The molecule has 0 unspecified atom stereocenters. The Balaban J connectivity index is 3.68. The molecule has 3 N–H and O–H groups in total. The summed E-state index contributed by atoms with van der Waals surface area (Å²) in [5.74, 6) is 0. The molecule has 0 fully saturated rings. The second-order valence-corrected chi connectivity index (χ2v) is 2.22. The van der Waals surface area contributed by atoms with E-state index in [2.05, 4.69) is 0 Å². The van der Waals surface area contributed by atoms with Crippen molar-refractivity contribution in [2.75, 3.05) is 0 Å². The van der Waals surface area contributed by atoms with E-state index in [1.165, 1.54) is 6.92 Å². The van der Waals surface area contributed by atoms with Crippen molar-refractivity contribution in [2.24, 2.45) is 5.73 Å². The van der Waals surface area contributed by atoms with Crippen LogP contribution in [0.4, 0.5) is 13.2 Å². The fraction of sp³-hybridized carbons (Fsp3) is 1.00. The van der Waals surface area contributed by atoms with Crippen LogP contribution in [0.5, 0.6) is 0 Å². The topological polar surface area (TPSA) is 46.2 Å². The van der Waals surface area contributed by atoms with Crippen LogP contribution in [0.2, 0.25) is 0 Å². The molecule has 0 heterocycles. The third-order valence-corrected chi connectivity index (χ3v) is 1.09. The second kappa shape index (κ2) is 3.21. The Morgan fingerprint density at radius 2 is 1.90 bits per heavy atom. The molecule has 0 rings (SSSR count). The molecule has 10 heavy (non-hydrogen) atoms. The Kier molecular flexibility index (Phi) is 3.11. The van der Waals surface area contributed by atoms with Gasteiger partial charge in [-0.15, -0.1) is 0 Å². The van der Waals surface area contributed by atoms with Gasteiger partial charge in [0.15, 0.2) is 0 Å². The number of aliphatic hydroxyl groups is 1. The van der Waals surface area contributed by atoms with Gasteiger partial charge in [-0.2, -0.15) is 13.2 Å². The molecule has 2 atom stereocenters. The summed E-state index contributed by atoms with van der Waals surface area (Å²) in [6.07, 6.45) is -6.53. The lowest BCUT2D eigenvalue weighted by molar-refractivity contribution is -0.143. The van der Waals surface area contributed by atoms with E-state index in [1.54, 1.807) is 0 Å². The quantitative estimate of drug-likeness (QED) is 0.618. The van der Waals surface area contributed by atoms with Crippen LogP contribution < -0.4 is 5.73 Å². The van der Waals surface area contributed by atoms with Gasteiger partial charge >= 0.3 is 6.18 Å². The molecule has 0 amide bonds. The van der Waals surface area contributed by atoms with Crippen LogP contribution in [-0.4, -0.2) is 23.4 Å². The molecule has 62 valence electrons. The fourth-order valence-corrected chi connectivity index (χ4v) is 0.438. The number of halogens is 3. The van der Waals surface area contributed by atoms with Gasteiger partial charge in [-0.3, -0.25) is 0 Å². The molecule has 5 heteroatoms. The van der Waals surface area contributed by atoms with Crippen LogP contribution in [0.25, 0.3) is 0 Å². The predicted molar refractivity (Wildman–Crippen MR) is 30.3 cm³/mol. The fourth-order valence-electron chi connectivity index (χ4n) is 0.438. The molecule has 0 bridgehead atoms. The number of hydrogen-bond acceptors (Lipinski definition) is 2. The smallest absolute Gasteiger partial charge is 0.390 e. The summed E-state index contributed by atoms with van der Waals surface area (Å²) < 4.78 is 34.4. The number of aliphatic hydroxyl groups excluding tert-OH is 1. The van der Waals surface area contributed by atoms with Gasteiger partial charge in [0.1, 0.15) is 0 Å². The Labute approximate surface area is 56.8 Å². The first-order valence-corrected chi connectivity index (χ1v) is 2.83. The first-order chi connectivity index (χ1) is 4.33. The SMILES string of the molecule is C[C@@H](O)[C@@H](N)CC(F)(F)F. The first-order valence-electron chi connectivity index (χ1n) is 2.83. The van der Waals surface area contributed by atoms with Crippen molar-refractivity contribution in [3.05, 3.63) is 0 Å².